The number of hydrogen-bond acceptors (Lipinski definition) is 8. The lowest BCUT2D eigenvalue weighted by molar-refractivity contribution is 0.0963. The van der Waals surface area contributed by atoms with Crippen molar-refractivity contribution in [2.75, 3.05) is 7.05 Å². The zero-order chi connectivity index (χ0) is 20.4. The van der Waals surface area contributed by atoms with Crippen LogP contribution in [0.5, 0.6) is 0 Å². The van der Waals surface area contributed by atoms with E-state index in [0.29, 0.717) is 23.5 Å². The number of benzene rings is 1. The maximum Gasteiger partial charge on any atom is 0.314 e. The molecule has 0 aliphatic heterocycles. The normalized spacial score (nSPS) is 11.2. The smallest absolute Gasteiger partial charge is 0.314 e. The summed E-state index contributed by atoms with van der Waals surface area (Å²) in [5.41, 5.74) is 1.93. The summed E-state index contributed by atoms with van der Waals surface area (Å²) in [6, 6.07) is 8.63. The molecule has 0 spiro atoms. The molecule has 1 amide bonds. The first-order valence-corrected chi connectivity index (χ1v) is 9.21. The zero-order valence-electron chi connectivity index (χ0n) is 14.9. The van der Waals surface area contributed by atoms with E-state index in [1.54, 1.807) is 42.8 Å². The molecule has 0 bridgehead atoms. The van der Waals surface area contributed by atoms with Crippen LogP contribution >= 0.6 is 11.3 Å². The van der Waals surface area contributed by atoms with Gasteiger partial charge < -0.3 is 9.73 Å². The molecule has 29 heavy (non-hydrogen) atoms. The summed E-state index contributed by atoms with van der Waals surface area (Å²) in [6.07, 6.45) is -2.81. The van der Waals surface area contributed by atoms with Gasteiger partial charge in [-0.05, 0) is 29.0 Å². The highest BCUT2D eigenvalue weighted by atomic mass is 32.1. The molecule has 0 atom stereocenters. The summed E-state index contributed by atoms with van der Waals surface area (Å²) < 4.78 is 30.0. The maximum absolute atomic E-state index is 12.5. The summed E-state index contributed by atoms with van der Waals surface area (Å²) >= 11 is 1.35. The van der Waals surface area contributed by atoms with Gasteiger partial charge in [0.1, 0.15) is 0 Å². The summed E-state index contributed by atoms with van der Waals surface area (Å²) in [5, 5.41) is 23.6. The Morgan fingerprint density at radius 2 is 2.03 bits per heavy atom. The number of thiophene rings is 1. The summed E-state index contributed by atoms with van der Waals surface area (Å²) in [7, 11) is 1.57. The number of nitrogens with zero attached hydrogens (tertiary/aromatic N) is 6. The predicted molar refractivity (Wildman–Crippen MR) is 98.3 cm³/mol. The first-order valence-electron chi connectivity index (χ1n) is 8.33. The average Bonchev–Trinajstić information content (AvgIpc) is 3.47. The maximum atomic E-state index is 12.5. The Bertz CT molecular complexity index is 1140. The Labute approximate surface area is 166 Å². The van der Waals surface area contributed by atoms with Gasteiger partial charge in [0, 0.05) is 18.0 Å². The Kier molecular flexibility index (Phi) is 5.08. The van der Waals surface area contributed by atoms with E-state index in [0.717, 1.165) is 10.4 Å². The van der Waals surface area contributed by atoms with Crippen LogP contribution in [0.4, 0.5) is 8.78 Å². The van der Waals surface area contributed by atoms with E-state index in [2.05, 4.69) is 30.9 Å². The molecule has 0 fully saturated rings. The van der Waals surface area contributed by atoms with Gasteiger partial charge in [-0.2, -0.15) is 13.6 Å². The minimum absolute atomic E-state index is 0.0256. The number of nitrogens with one attached hydrogen (secondary N) is 1. The fourth-order valence-electron chi connectivity index (χ4n) is 2.48. The largest absolute Gasteiger partial charge is 0.415 e. The molecule has 0 unspecified atom stereocenters. The van der Waals surface area contributed by atoms with Gasteiger partial charge in [-0.3, -0.25) is 4.79 Å². The number of aromatic nitrogens is 6. The van der Waals surface area contributed by atoms with Gasteiger partial charge in [0.25, 0.3) is 11.8 Å². The Balaban J connectivity index is 1.46. The fraction of sp³-hybridized carbons (Fsp3) is 0.176. The molecule has 0 aliphatic rings. The van der Waals surface area contributed by atoms with E-state index < -0.39 is 12.3 Å². The molecule has 1 aromatic carbocycles. The number of alkyl halides is 2. The fourth-order valence-corrected chi connectivity index (χ4v) is 3.29. The Morgan fingerprint density at radius 3 is 2.72 bits per heavy atom. The Morgan fingerprint density at radius 1 is 1.24 bits per heavy atom. The number of tetrazole rings is 1. The minimum atomic E-state index is -2.81. The highest BCUT2D eigenvalue weighted by molar-refractivity contribution is 7.13. The van der Waals surface area contributed by atoms with Crippen molar-refractivity contribution in [1.29, 1.82) is 0 Å². The minimum Gasteiger partial charge on any atom is -0.415 e. The second-order valence-electron chi connectivity index (χ2n) is 5.87. The van der Waals surface area contributed by atoms with E-state index in [9.17, 15) is 13.6 Å². The van der Waals surface area contributed by atoms with E-state index in [1.807, 2.05) is 0 Å². The van der Waals surface area contributed by atoms with Crippen LogP contribution in [0, 0.1) is 0 Å². The predicted octanol–water partition coefficient (Wildman–Crippen LogP) is 2.80. The van der Waals surface area contributed by atoms with Crippen LogP contribution in [0.2, 0.25) is 0 Å². The molecule has 1 N–H and O–H groups in total. The van der Waals surface area contributed by atoms with Crippen molar-refractivity contribution in [1.82, 2.24) is 35.7 Å². The quantitative estimate of drug-likeness (QED) is 0.513. The van der Waals surface area contributed by atoms with E-state index in [1.165, 1.54) is 16.1 Å². The van der Waals surface area contributed by atoms with Crippen LogP contribution in [-0.4, -0.2) is 43.4 Å². The zero-order valence-corrected chi connectivity index (χ0v) is 15.7. The summed E-state index contributed by atoms with van der Waals surface area (Å²) in [6.45, 7) is 0.354. The van der Waals surface area contributed by atoms with Crippen molar-refractivity contribution in [3.63, 3.8) is 0 Å². The molecule has 4 rings (SSSR count). The van der Waals surface area contributed by atoms with Crippen molar-refractivity contribution >= 4 is 17.2 Å². The van der Waals surface area contributed by atoms with Gasteiger partial charge in [-0.25, -0.2) is 0 Å². The van der Waals surface area contributed by atoms with Crippen LogP contribution in [0.1, 0.15) is 28.2 Å². The second kappa shape index (κ2) is 7.83. The third-order valence-corrected chi connectivity index (χ3v) is 4.84. The van der Waals surface area contributed by atoms with E-state index in [4.69, 9.17) is 4.42 Å². The molecule has 3 aromatic heterocycles. The molecule has 9 nitrogen and oxygen atoms in total. The van der Waals surface area contributed by atoms with Crippen molar-refractivity contribution in [2.24, 2.45) is 0 Å². The van der Waals surface area contributed by atoms with Crippen LogP contribution in [0.3, 0.4) is 0 Å². The third-order valence-electron chi connectivity index (χ3n) is 3.91. The van der Waals surface area contributed by atoms with Gasteiger partial charge in [0.05, 0.1) is 17.0 Å². The first-order chi connectivity index (χ1) is 14.0. The number of amides is 1. The van der Waals surface area contributed by atoms with Crippen molar-refractivity contribution < 1.29 is 18.0 Å². The lowest BCUT2D eigenvalue weighted by atomic mass is 10.1. The third kappa shape index (κ3) is 4.01. The van der Waals surface area contributed by atoms with Crippen LogP contribution in [0.15, 0.2) is 40.1 Å². The molecule has 0 saturated heterocycles. The highest BCUT2D eigenvalue weighted by Crippen LogP contribution is 2.25. The lowest BCUT2D eigenvalue weighted by Crippen LogP contribution is -2.16. The average molecular weight is 417 g/mol. The van der Waals surface area contributed by atoms with Crippen LogP contribution in [0.25, 0.3) is 22.2 Å². The Hall–Kier alpha value is -3.54. The standard InChI is InChI=1S/C17H13F2N7O2S/c1-20-15(27)11-6-12(29-8-11)14-21-25-26(24-14)7-9-2-4-10(5-3-9)16-22-23-17(28-16)13(18)19/h2-6,8,13H,7H2,1H3,(H,20,27). The molecule has 12 heteroatoms. The number of hydrogen-bond donors (Lipinski definition) is 1. The van der Waals surface area contributed by atoms with Gasteiger partial charge in [-0.15, -0.1) is 31.7 Å². The van der Waals surface area contributed by atoms with Crippen LogP contribution < -0.4 is 5.32 Å². The molecular formula is C17H13F2N7O2S. The number of carbonyl (C=O) groups is 1. The topological polar surface area (TPSA) is 112 Å². The van der Waals surface area contributed by atoms with Gasteiger partial charge in [0.2, 0.25) is 11.7 Å². The van der Waals surface area contributed by atoms with Crippen molar-refractivity contribution in [3.8, 4) is 22.2 Å². The van der Waals surface area contributed by atoms with Crippen LogP contribution in [-0.2, 0) is 6.54 Å². The van der Waals surface area contributed by atoms with Gasteiger partial charge in [0.15, 0.2) is 0 Å². The molecular weight excluding hydrogens is 404 g/mol. The number of carbonyl (C=O) groups excluding carboxylic acids is 1. The SMILES string of the molecule is CNC(=O)c1csc(-c2nnn(Cc3ccc(-c4nnc(C(F)F)o4)cc3)n2)c1. The molecule has 0 radical (unpaired) electrons. The monoisotopic (exact) mass is 417 g/mol. The van der Waals surface area contributed by atoms with E-state index >= 15 is 0 Å². The molecule has 0 aliphatic carbocycles. The van der Waals surface area contributed by atoms with Gasteiger partial charge in [-0.1, -0.05) is 12.1 Å². The van der Waals surface area contributed by atoms with Crippen molar-refractivity contribution in [3.05, 3.63) is 52.7 Å². The van der Waals surface area contributed by atoms with E-state index in [-0.39, 0.29) is 11.8 Å². The molecule has 3 heterocycles. The van der Waals surface area contributed by atoms with Crippen molar-refractivity contribution in [2.45, 2.75) is 13.0 Å². The lowest BCUT2D eigenvalue weighted by Gasteiger charge is -2.00. The summed E-state index contributed by atoms with van der Waals surface area (Å²) in [4.78, 5) is 13.8. The molecule has 148 valence electrons. The molecule has 4 aromatic rings. The summed E-state index contributed by atoms with van der Waals surface area (Å²) in [5.74, 6) is -0.441. The second-order valence-corrected chi connectivity index (χ2v) is 6.78. The van der Waals surface area contributed by atoms with Gasteiger partial charge >= 0.3 is 6.43 Å². The number of halogens is 2. The first kappa shape index (κ1) is 18.8. The number of rotatable bonds is 6. The highest BCUT2D eigenvalue weighted by Gasteiger charge is 2.17. The molecule has 0 saturated carbocycles.